The van der Waals surface area contributed by atoms with Crippen molar-refractivity contribution in [1.82, 2.24) is 9.80 Å². The van der Waals surface area contributed by atoms with Gasteiger partial charge in [-0.3, -0.25) is 14.5 Å². The summed E-state index contributed by atoms with van der Waals surface area (Å²) in [5.74, 6) is -0.223. The quantitative estimate of drug-likeness (QED) is 0.644. The molecule has 0 heterocycles. The van der Waals surface area contributed by atoms with Gasteiger partial charge in [0.05, 0.1) is 20.2 Å². The van der Waals surface area contributed by atoms with E-state index < -0.39 is 0 Å². The average Bonchev–Trinajstić information content (AvgIpc) is 2.49. The highest BCUT2D eigenvalue weighted by Gasteiger charge is 2.21. The number of esters is 1. The van der Waals surface area contributed by atoms with E-state index in [9.17, 15) is 9.59 Å². The first-order valence-electron chi connectivity index (χ1n) is 7.90. The third kappa shape index (κ3) is 5.87. The van der Waals surface area contributed by atoms with Crippen LogP contribution in [0.4, 0.5) is 0 Å². The zero-order chi connectivity index (χ0) is 15.7. The van der Waals surface area contributed by atoms with Crippen LogP contribution in [0.3, 0.4) is 0 Å². The molecule has 5 nitrogen and oxygen atoms in total. The van der Waals surface area contributed by atoms with Crippen molar-refractivity contribution in [1.29, 1.82) is 0 Å². The Morgan fingerprint density at radius 3 is 2.52 bits per heavy atom. The van der Waals surface area contributed by atoms with Gasteiger partial charge in [-0.05, 0) is 45.6 Å². The number of likely N-dealkylation sites (N-methyl/N-ethyl adjacent to an activating group) is 1. The maximum Gasteiger partial charge on any atom is 0.319 e. The molecule has 0 spiro atoms. The van der Waals surface area contributed by atoms with Crippen molar-refractivity contribution in [2.24, 2.45) is 0 Å². The lowest BCUT2D eigenvalue weighted by Crippen LogP contribution is -2.42. The normalized spacial score (nSPS) is 14.8. The molecule has 0 aromatic carbocycles. The van der Waals surface area contributed by atoms with E-state index >= 15 is 0 Å². The fourth-order valence-electron chi connectivity index (χ4n) is 2.66. The topological polar surface area (TPSA) is 49.9 Å². The summed E-state index contributed by atoms with van der Waals surface area (Å²) in [6.07, 6.45) is 7.47. The van der Waals surface area contributed by atoms with E-state index in [0.29, 0.717) is 6.54 Å². The lowest BCUT2D eigenvalue weighted by atomic mass is 10.0. The standard InChI is InChI=1S/C16H28N2O3/c1-4-11-17(13-16(20)21-3)12-15(19)18(5-2)14-9-7-6-8-10-14/h9H,4-8,10-13H2,1-3H3. The van der Waals surface area contributed by atoms with Gasteiger partial charge in [0.15, 0.2) is 0 Å². The summed E-state index contributed by atoms with van der Waals surface area (Å²) in [5.41, 5.74) is 1.14. The highest BCUT2D eigenvalue weighted by molar-refractivity contribution is 5.81. The van der Waals surface area contributed by atoms with Crippen molar-refractivity contribution in [2.75, 3.05) is 33.3 Å². The molecule has 0 saturated heterocycles. The van der Waals surface area contributed by atoms with Crippen LogP contribution in [-0.2, 0) is 14.3 Å². The Balaban J connectivity index is 2.64. The molecule has 5 heteroatoms. The highest BCUT2D eigenvalue weighted by atomic mass is 16.5. The van der Waals surface area contributed by atoms with Crippen LogP contribution in [0, 0.1) is 0 Å². The van der Waals surface area contributed by atoms with Crippen LogP contribution in [0.1, 0.15) is 46.0 Å². The molecule has 0 radical (unpaired) electrons. The van der Waals surface area contributed by atoms with Gasteiger partial charge in [-0.2, -0.15) is 0 Å². The maximum atomic E-state index is 12.5. The summed E-state index contributed by atoms with van der Waals surface area (Å²) in [4.78, 5) is 27.7. The number of ether oxygens (including phenoxy) is 1. The van der Waals surface area contributed by atoms with Crippen molar-refractivity contribution < 1.29 is 14.3 Å². The monoisotopic (exact) mass is 296 g/mol. The summed E-state index contributed by atoms with van der Waals surface area (Å²) in [6.45, 7) is 5.88. The van der Waals surface area contributed by atoms with E-state index in [1.54, 1.807) is 0 Å². The van der Waals surface area contributed by atoms with Gasteiger partial charge in [0, 0.05) is 12.2 Å². The van der Waals surface area contributed by atoms with E-state index in [-0.39, 0.29) is 25.0 Å². The number of allylic oxidation sites excluding steroid dienone is 2. The molecule has 0 unspecified atom stereocenters. The number of hydrogen-bond acceptors (Lipinski definition) is 4. The predicted molar refractivity (Wildman–Crippen MR) is 82.7 cm³/mol. The molecule has 21 heavy (non-hydrogen) atoms. The SMILES string of the molecule is CCCN(CC(=O)OC)CC(=O)N(CC)C1=CCCCC1. The third-order valence-corrected chi connectivity index (χ3v) is 3.71. The number of rotatable bonds is 8. The van der Waals surface area contributed by atoms with E-state index in [2.05, 4.69) is 6.08 Å². The molecule has 0 aliphatic heterocycles. The summed E-state index contributed by atoms with van der Waals surface area (Å²) >= 11 is 0. The largest absolute Gasteiger partial charge is 0.468 e. The fourth-order valence-corrected chi connectivity index (χ4v) is 2.66. The van der Waals surface area contributed by atoms with Crippen LogP contribution in [0.5, 0.6) is 0 Å². The highest BCUT2D eigenvalue weighted by Crippen LogP contribution is 2.21. The first kappa shape index (κ1) is 17.7. The lowest BCUT2D eigenvalue weighted by Gasteiger charge is -2.29. The van der Waals surface area contributed by atoms with Gasteiger partial charge in [-0.25, -0.2) is 0 Å². The second kappa shape index (κ2) is 9.55. The molecule has 0 N–H and O–H groups in total. The minimum atomic E-state index is -0.295. The fraction of sp³-hybridized carbons (Fsp3) is 0.750. The molecule has 1 aliphatic rings. The Morgan fingerprint density at radius 1 is 1.24 bits per heavy atom. The lowest BCUT2D eigenvalue weighted by molar-refractivity contribution is -0.142. The minimum Gasteiger partial charge on any atom is -0.468 e. The Kier molecular flexibility index (Phi) is 8.05. The number of hydrogen-bond donors (Lipinski definition) is 0. The first-order chi connectivity index (χ1) is 10.1. The average molecular weight is 296 g/mol. The number of amides is 1. The Labute approximate surface area is 127 Å². The van der Waals surface area contributed by atoms with Crippen molar-refractivity contribution >= 4 is 11.9 Å². The van der Waals surface area contributed by atoms with Crippen LogP contribution in [0.15, 0.2) is 11.8 Å². The molecule has 120 valence electrons. The molecule has 0 aromatic rings. The summed E-state index contributed by atoms with van der Waals surface area (Å²) < 4.78 is 4.69. The summed E-state index contributed by atoms with van der Waals surface area (Å²) in [6, 6.07) is 0. The minimum absolute atomic E-state index is 0.0722. The summed E-state index contributed by atoms with van der Waals surface area (Å²) in [5, 5.41) is 0. The van der Waals surface area contributed by atoms with Gasteiger partial charge >= 0.3 is 5.97 Å². The molecule has 1 aliphatic carbocycles. The van der Waals surface area contributed by atoms with Crippen molar-refractivity contribution in [3.63, 3.8) is 0 Å². The molecule has 0 saturated carbocycles. The number of methoxy groups -OCH3 is 1. The molecular formula is C16H28N2O3. The van der Waals surface area contributed by atoms with E-state index in [1.807, 2.05) is 23.6 Å². The first-order valence-corrected chi connectivity index (χ1v) is 7.90. The van der Waals surface area contributed by atoms with Crippen LogP contribution >= 0.6 is 0 Å². The number of carbonyl (C=O) groups excluding carboxylic acids is 2. The zero-order valence-electron chi connectivity index (χ0n) is 13.6. The second-order valence-corrected chi connectivity index (χ2v) is 5.37. The Hall–Kier alpha value is -1.36. The predicted octanol–water partition coefficient (Wildman–Crippen LogP) is 2.18. The van der Waals surface area contributed by atoms with Gasteiger partial charge in [0.1, 0.15) is 0 Å². The molecule has 0 bridgehead atoms. The molecule has 0 atom stereocenters. The van der Waals surface area contributed by atoms with Crippen LogP contribution in [0.25, 0.3) is 0 Å². The van der Waals surface area contributed by atoms with E-state index in [4.69, 9.17) is 4.74 Å². The second-order valence-electron chi connectivity index (χ2n) is 5.37. The van der Waals surface area contributed by atoms with Crippen LogP contribution in [0.2, 0.25) is 0 Å². The maximum absolute atomic E-state index is 12.5. The molecular weight excluding hydrogens is 268 g/mol. The molecule has 0 aromatic heterocycles. The Bertz CT molecular complexity index is 380. The van der Waals surface area contributed by atoms with E-state index in [1.165, 1.54) is 13.5 Å². The smallest absolute Gasteiger partial charge is 0.319 e. The third-order valence-electron chi connectivity index (χ3n) is 3.71. The van der Waals surface area contributed by atoms with Crippen molar-refractivity contribution in [3.8, 4) is 0 Å². The summed E-state index contributed by atoms with van der Waals surface area (Å²) in [7, 11) is 1.37. The zero-order valence-corrected chi connectivity index (χ0v) is 13.6. The molecule has 0 fully saturated rings. The molecule has 1 rings (SSSR count). The van der Waals surface area contributed by atoms with E-state index in [0.717, 1.165) is 37.9 Å². The number of nitrogens with zero attached hydrogens (tertiary/aromatic N) is 2. The van der Waals surface area contributed by atoms with Crippen molar-refractivity contribution in [3.05, 3.63) is 11.8 Å². The number of carbonyl (C=O) groups is 2. The van der Waals surface area contributed by atoms with Gasteiger partial charge in [-0.1, -0.05) is 13.0 Å². The van der Waals surface area contributed by atoms with Crippen LogP contribution < -0.4 is 0 Å². The van der Waals surface area contributed by atoms with Gasteiger partial charge in [-0.15, -0.1) is 0 Å². The van der Waals surface area contributed by atoms with Gasteiger partial charge < -0.3 is 9.64 Å². The van der Waals surface area contributed by atoms with Gasteiger partial charge in [0.25, 0.3) is 0 Å². The van der Waals surface area contributed by atoms with Crippen LogP contribution in [-0.4, -0.2) is 55.0 Å². The Morgan fingerprint density at radius 2 is 2.00 bits per heavy atom. The van der Waals surface area contributed by atoms with Crippen molar-refractivity contribution in [2.45, 2.75) is 46.0 Å². The van der Waals surface area contributed by atoms with Gasteiger partial charge in [0.2, 0.25) is 5.91 Å². The molecule has 1 amide bonds.